The molecule has 0 aliphatic rings. The highest BCUT2D eigenvalue weighted by Crippen LogP contribution is 2.44. The number of hydrogen-bond acceptors (Lipinski definition) is 27. The maximum absolute atomic E-state index is 12.5. The molecule has 0 fully saturated rings. The van der Waals surface area contributed by atoms with Gasteiger partial charge in [-0.3, -0.25) is 27.2 Å². The van der Waals surface area contributed by atoms with Crippen molar-refractivity contribution in [3.63, 3.8) is 0 Å². The Bertz CT molecular complexity index is 4890. The first-order valence-corrected chi connectivity index (χ1v) is 33.4. The zero-order valence-corrected chi connectivity index (χ0v) is 49.3. The fraction of sp³-hybridized carbons (Fsp3) is 0.222. The summed E-state index contributed by atoms with van der Waals surface area (Å²) in [6.45, 7) is 3.61. The van der Waals surface area contributed by atoms with Gasteiger partial charge in [-0.1, -0.05) is 17.4 Å². The van der Waals surface area contributed by atoms with Gasteiger partial charge in [0, 0.05) is 21.9 Å². The third-order valence-electron chi connectivity index (χ3n) is 11.6. The molecule has 0 atom stereocenters. The molecule has 444 valence electrons. The second-order valence-electron chi connectivity index (χ2n) is 17.5. The second-order valence-corrected chi connectivity index (χ2v) is 27.4. The van der Waals surface area contributed by atoms with E-state index < -0.39 is 99.9 Å². The molecule has 3 heterocycles. The summed E-state index contributed by atoms with van der Waals surface area (Å²) >= 11 is 1.89. The molecule has 7 N–H and O–H groups in total. The van der Waals surface area contributed by atoms with E-state index >= 15 is 0 Å². The van der Waals surface area contributed by atoms with E-state index in [-0.39, 0.29) is 119 Å². The number of aliphatic hydroxyl groups is 1. The summed E-state index contributed by atoms with van der Waals surface area (Å²) in [6.07, 6.45) is -0.230. The van der Waals surface area contributed by atoms with Gasteiger partial charge in [-0.25, -0.2) is 9.97 Å². The topological polar surface area (TPSA) is 501 Å². The summed E-state index contributed by atoms with van der Waals surface area (Å²) < 4.78 is 201. The molecule has 8 aromatic rings. The Morgan fingerprint density at radius 3 is 1.88 bits per heavy atom. The van der Waals surface area contributed by atoms with E-state index in [9.17, 15) is 80.3 Å². The Kier molecular flexibility index (Phi) is 19.1. The van der Waals surface area contributed by atoms with Crippen LogP contribution in [-0.4, -0.2) is 126 Å². The predicted octanol–water partition coefficient (Wildman–Crippen LogP) is 8.25. The lowest BCUT2D eigenvalue weighted by molar-refractivity contribution is 0.281. The molecule has 5 aromatic carbocycles. The number of thioether (sulfide) groups is 1. The fourth-order valence-corrected chi connectivity index (χ4v) is 12.9. The quantitative estimate of drug-likeness (QED) is 0.0163. The molecule has 0 aliphatic heterocycles. The van der Waals surface area contributed by atoms with E-state index in [0.29, 0.717) is 16.0 Å². The molecule has 0 spiro atoms. The van der Waals surface area contributed by atoms with Gasteiger partial charge in [0.1, 0.15) is 43.9 Å². The van der Waals surface area contributed by atoms with E-state index in [1.165, 1.54) is 37.3 Å². The normalized spacial score (nSPS) is 12.8. The molecule has 3 aromatic heterocycles. The van der Waals surface area contributed by atoms with Crippen molar-refractivity contribution >= 4 is 156 Å². The standard InChI is InChI=1S/C45H40N10O18S7.O3S/c1-22-12-32(51-53-39-24(3)29(20-46)43-47-40-34(55(43)44(39)57)14-25(21-56)15-37(40)79(67,68)69)35(73-8-4-10-76(58,59)60)18-30(22)49-52-33-13-23(2)31(19-36(33)74-9-5-11-77(61,62)63)50-54-45-48-41-38(80(70,71)72)16-26-6-7-27(78(64,65)66)17-28(26)42(41)75-45;1-4(2)3/h6-7,12-19,56-57H,4-5,8-11,21H2,1-3H3,(H,58,59,60)(H,61,62,63)(H,64,65,66)(H,67,68,69)(H,70,71,72);. The molecule has 31 nitrogen and oxygen atoms in total. The van der Waals surface area contributed by atoms with Crippen molar-refractivity contribution < 1.29 is 92.4 Å². The van der Waals surface area contributed by atoms with Crippen LogP contribution in [0.5, 0.6) is 11.6 Å². The third-order valence-corrected chi connectivity index (χ3v) is 17.9. The molecule has 0 unspecified atom stereocenters. The number of fused-ring (bicyclic) bond motifs is 6. The smallest absolute Gasteiger partial charge is 0.425 e. The monoisotopic (exact) mass is 1310 g/mol. The first-order valence-electron chi connectivity index (χ1n) is 23.1. The Morgan fingerprint density at radius 1 is 0.690 bits per heavy atom. The number of nitriles is 1. The number of aliphatic hydroxyl groups excluding tert-OH is 1. The Hall–Kier alpha value is -7.43. The number of benzene rings is 5. The zero-order chi connectivity index (χ0) is 62.0. The van der Waals surface area contributed by atoms with Crippen LogP contribution in [0.4, 0.5) is 33.6 Å². The van der Waals surface area contributed by atoms with Crippen LogP contribution in [0.1, 0.15) is 40.7 Å². The lowest BCUT2D eigenvalue weighted by Crippen LogP contribution is -2.08. The highest BCUT2D eigenvalue weighted by atomic mass is 32.2. The average molecular weight is 1310 g/mol. The Morgan fingerprint density at radius 2 is 1.27 bits per heavy atom. The van der Waals surface area contributed by atoms with Crippen LogP contribution in [0.25, 0.3) is 37.7 Å². The first-order chi connectivity index (χ1) is 39.1. The van der Waals surface area contributed by atoms with Crippen molar-refractivity contribution in [2.75, 3.05) is 23.9 Å². The van der Waals surface area contributed by atoms with Gasteiger partial charge in [0.2, 0.25) is 11.0 Å². The maximum Gasteiger partial charge on any atom is 0.425 e. The molecule has 39 heteroatoms. The lowest BCUT2D eigenvalue weighted by atomic mass is 10.1. The number of thiazole rings is 1. The van der Waals surface area contributed by atoms with Gasteiger partial charge in [-0.15, -0.1) is 50.0 Å². The molecule has 0 aliphatic carbocycles. The van der Waals surface area contributed by atoms with E-state index in [4.69, 9.17) is 17.4 Å². The number of pyridine rings is 1. The summed E-state index contributed by atoms with van der Waals surface area (Å²) in [7, 11) is -26.4. The molecular weight excluding hydrogens is 1270 g/mol. The minimum Gasteiger partial charge on any atom is -0.493 e. The number of aromatic hydroxyl groups is 1. The molecule has 0 saturated carbocycles. The van der Waals surface area contributed by atoms with Crippen LogP contribution in [-0.2, 0) is 67.8 Å². The average Bonchev–Trinajstić information content (AvgIpc) is 2.14. The summed E-state index contributed by atoms with van der Waals surface area (Å²) in [5.74, 6) is -1.93. The van der Waals surface area contributed by atoms with Crippen molar-refractivity contribution in [3.05, 3.63) is 88.5 Å². The Balaban J connectivity index is 0.00000245. The number of imidazole rings is 1. The van der Waals surface area contributed by atoms with Crippen molar-refractivity contribution in [1.29, 1.82) is 5.26 Å². The van der Waals surface area contributed by atoms with Crippen molar-refractivity contribution in [3.8, 4) is 17.7 Å². The number of azo groups is 3. The number of ether oxygens (including phenoxy) is 1. The van der Waals surface area contributed by atoms with Gasteiger partial charge >= 0.3 is 10.6 Å². The highest BCUT2D eigenvalue weighted by molar-refractivity contribution is 7.99. The Labute approximate surface area is 485 Å². The van der Waals surface area contributed by atoms with Crippen LogP contribution >= 0.6 is 23.1 Å². The van der Waals surface area contributed by atoms with Crippen molar-refractivity contribution in [2.45, 2.75) is 59.8 Å². The number of nitrogens with zero attached hydrogens (tertiary/aromatic N) is 10. The van der Waals surface area contributed by atoms with Gasteiger partial charge in [-0.05, 0) is 110 Å². The van der Waals surface area contributed by atoms with E-state index in [2.05, 4.69) is 40.7 Å². The zero-order valence-electron chi connectivity index (χ0n) is 42.8. The summed E-state index contributed by atoms with van der Waals surface area (Å²) in [5, 5.41) is 58.0. The molecule has 0 radical (unpaired) electrons. The van der Waals surface area contributed by atoms with Crippen LogP contribution in [0.3, 0.4) is 0 Å². The van der Waals surface area contributed by atoms with Crippen LogP contribution in [0.15, 0.2) is 111 Å². The van der Waals surface area contributed by atoms with Crippen LogP contribution < -0.4 is 4.74 Å². The predicted molar refractivity (Wildman–Crippen MR) is 299 cm³/mol. The molecular formula is C45H40N10O21S8. The van der Waals surface area contributed by atoms with Gasteiger partial charge in [-0.2, -0.15) is 52.5 Å². The molecule has 84 heavy (non-hydrogen) atoms. The van der Waals surface area contributed by atoms with Crippen molar-refractivity contribution in [2.24, 2.45) is 30.7 Å². The third kappa shape index (κ3) is 15.3. The largest absolute Gasteiger partial charge is 0.493 e. The number of hydrogen-bond donors (Lipinski definition) is 7. The van der Waals surface area contributed by atoms with E-state index in [1.807, 2.05) is 6.07 Å². The molecule has 0 saturated heterocycles. The van der Waals surface area contributed by atoms with Crippen molar-refractivity contribution in [1.82, 2.24) is 14.4 Å². The summed E-state index contributed by atoms with van der Waals surface area (Å²) in [4.78, 5) is 7.03. The van der Waals surface area contributed by atoms with Gasteiger partial charge in [0.15, 0.2) is 11.3 Å². The van der Waals surface area contributed by atoms with Crippen LogP contribution in [0, 0.1) is 32.1 Å². The number of aromatic nitrogens is 3. The molecule has 0 bridgehead atoms. The van der Waals surface area contributed by atoms with E-state index in [1.54, 1.807) is 19.9 Å². The molecule has 0 amide bonds. The number of rotatable bonds is 20. The SMILES string of the molecule is Cc1cc(N=Nc2cc(OCCCS(=O)(=O)O)c(N=Nc3c(C)c(C#N)c4nc5c(S(=O)(=O)O)cc(CO)cc5n4c3O)cc2C)c(SCCCS(=O)(=O)O)cc1N=Nc1nc2c(S(=O)(=O)O)cc3ccc(S(=O)(=O)O)cc3c2s1.O=S(=O)=O. The second kappa shape index (κ2) is 25.0. The minimum absolute atomic E-state index is 0.000847. The number of aryl methyl sites for hydroxylation is 2. The first kappa shape index (κ1) is 64.1. The summed E-state index contributed by atoms with van der Waals surface area (Å²) in [5.41, 5.74) is -0.144. The minimum atomic E-state index is -4.94. The maximum atomic E-state index is 12.5. The molecule has 8 rings (SSSR count). The fourth-order valence-electron chi connectivity index (χ4n) is 7.89. The van der Waals surface area contributed by atoms with Gasteiger partial charge < -0.3 is 14.9 Å². The summed E-state index contributed by atoms with van der Waals surface area (Å²) in [6, 6.07) is 14.5. The van der Waals surface area contributed by atoms with Gasteiger partial charge in [0.05, 0.1) is 56.9 Å². The lowest BCUT2D eigenvalue weighted by Gasteiger charge is -2.12. The van der Waals surface area contributed by atoms with E-state index in [0.717, 1.165) is 51.8 Å². The highest BCUT2D eigenvalue weighted by Gasteiger charge is 2.27. The van der Waals surface area contributed by atoms with Gasteiger partial charge in [0.25, 0.3) is 50.6 Å². The van der Waals surface area contributed by atoms with Crippen LogP contribution in [0.2, 0.25) is 0 Å².